The molecule has 0 aromatic heterocycles. The maximum atomic E-state index is 9.77. The topological polar surface area (TPSA) is 74.6 Å². The molecule has 6 heteroatoms. The van der Waals surface area contributed by atoms with E-state index in [1.54, 1.807) is 0 Å². The minimum Gasteiger partial charge on any atom is -0.481 e. The van der Waals surface area contributed by atoms with Crippen molar-refractivity contribution in [2.24, 2.45) is 0 Å². The SMILES string of the molecule is O=C(O)CSCC(=O)O.[Co]. The molecule has 0 aliphatic carbocycles. The van der Waals surface area contributed by atoms with E-state index in [0.29, 0.717) is 0 Å². The summed E-state index contributed by atoms with van der Waals surface area (Å²) in [5.74, 6) is -2.26. The number of hydrogen-bond acceptors (Lipinski definition) is 3. The molecule has 10 heavy (non-hydrogen) atoms. The van der Waals surface area contributed by atoms with Gasteiger partial charge in [-0.2, -0.15) is 0 Å². The molecule has 1 radical (unpaired) electrons. The first-order valence-electron chi connectivity index (χ1n) is 2.14. The molecule has 0 rings (SSSR count). The Bertz CT molecular complexity index is 112. The summed E-state index contributed by atoms with van der Waals surface area (Å²) in [5.41, 5.74) is 0. The summed E-state index contributed by atoms with van der Waals surface area (Å²) in [7, 11) is 0. The van der Waals surface area contributed by atoms with E-state index in [9.17, 15) is 9.59 Å². The number of rotatable bonds is 4. The first-order valence-corrected chi connectivity index (χ1v) is 3.29. The van der Waals surface area contributed by atoms with E-state index in [4.69, 9.17) is 10.2 Å². The fourth-order valence-electron chi connectivity index (χ4n) is 0.226. The second-order valence-electron chi connectivity index (χ2n) is 1.28. The molecule has 0 saturated heterocycles. The third-order valence-electron chi connectivity index (χ3n) is 0.451. The number of aliphatic carboxylic acids is 2. The van der Waals surface area contributed by atoms with Crippen LogP contribution in [0.5, 0.6) is 0 Å². The van der Waals surface area contributed by atoms with Gasteiger partial charge in [0.1, 0.15) is 0 Å². The van der Waals surface area contributed by atoms with Gasteiger partial charge in [0.15, 0.2) is 0 Å². The Labute approximate surface area is 72.2 Å². The van der Waals surface area contributed by atoms with Crippen LogP contribution in [0.2, 0.25) is 0 Å². The van der Waals surface area contributed by atoms with Crippen LogP contribution < -0.4 is 0 Å². The van der Waals surface area contributed by atoms with Gasteiger partial charge >= 0.3 is 11.9 Å². The van der Waals surface area contributed by atoms with Crippen molar-refractivity contribution in [3.8, 4) is 0 Å². The normalized spacial score (nSPS) is 8.00. The van der Waals surface area contributed by atoms with E-state index >= 15 is 0 Å². The summed E-state index contributed by atoms with van der Waals surface area (Å²) in [5, 5.41) is 16.0. The van der Waals surface area contributed by atoms with E-state index in [0.717, 1.165) is 11.8 Å². The zero-order valence-corrected chi connectivity index (χ0v) is 6.72. The van der Waals surface area contributed by atoms with E-state index in [1.807, 2.05) is 0 Å². The number of carbonyl (C=O) groups is 2. The molecule has 0 aliphatic heterocycles. The zero-order valence-electron chi connectivity index (χ0n) is 4.87. The van der Waals surface area contributed by atoms with Crippen molar-refractivity contribution in [1.29, 1.82) is 0 Å². The summed E-state index contributed by atoms with van der Waals surface area (Å²) < 4.78 is 0. The molecule has 0 spiro atoms. The van der Waals surface area contributed by atoms with Crippen LogP contribution in [-0.2, 0) is 26.4 Å². The summed E-state index contributed by atoms with van der Waals surface area (Å²) >= 11 is 0.870. The fraction of sp³-hybridized carbons (Fsp3) is 0.500. The average molecular weight is 209 g/mol. The number of carboxylic acid groups (broad SMARTS) is 2. The van der Waals surface area contributed by atoms with Crippen LogP contribution in [0.1, 0.15) is 0 Å². The van der Waals surface area contributed by atoms with Gasteiger partial charge in [-0.15, -0.1) is 11.8 Å². The second kappa shape index (κ2) is 6.91. The Kier molecular flexibility index (Phi) is 8.62. The predicted molar refractivity (Wildman–Crippen MR) is 32.6 cm³/mol. The molecule has 0 aromatic rings. The second-order valence-corrected chi connectivity index (χ2v) is 2.27. The minimum absolute atomic E-state index is 0. The fourth-order valence-corrected chi connectivity index (χ4v) is 0.677. The Morgan fingerprint density at radius 3 is 1.60 bits per heavy atom. The quantitative estimate of drug-likeness (QED) is 0.675. The van der Waals surface area contributed by atoms with Gasteiger partial charge in [0.05, 0.1) is 11.5 Å². The largest absolute Gasteiger partial charge is 0.481 e. The smallest absolute Gasteiger partial charge is 0.313 e. The minimum atomic E-state index is -0.985. The van der Waals surface area contributed by atoms with Crippen molar-refractivity contribution in [2.45, 2.75) is 0 Å². The van der Waals surface area contributed by atoms with Gasteiger partial charge in [0.2, 0.25) is 0 Å². The van der Waals surface area contributed by atoms with E-state index in [1.165, 1.54) is 0 Å². The zero-order chi connectivity index (χ0) is 7.28. The Morgan fingerprint density at radius 2 is 1.40 bits per heavy atom. The maximum Gasteiger partial charge on any atom is 0.313 e. The molecular weight excluding hydrogens is 203 g/mol. The summed E-state index contributed by atoms with van der Waals surface area (Å²) in [4.78, 5) is 19.5. The molecule has 0 aromatic carbocycles. The van der Waals surface area contributed by atoms with Crippen molar-refractivity contribution in [2.75, 3.05) is 11.5 Å². The van der Waals surface area contributed by atoms with E-state index in [-0.39, 0.29) is 28.3 Å². The summed E-state index contributed by atoms with van der Waals surface area (Å²) in [6.45, 7) is 0. The predicted octanol–water partition coefficient (Wildman–Crippen LogP) is -0.114. The summed E-state index contributed by atoms with van der Waals surface area (Å²) in [6, 6.07) is 0. The molecule has 0 fully saturated rings. The molecule has 2 N–H and O–H groups in total. The van der Waals surface area contributed by atoms with Gasteiger partial charge in [-0.3, -0.25) is 9.59 Å². The van der Waals surface area contributed by atoms with Crippen LogP contribution in [0.25, 0.3) is 0 Å². The summed E-state index contributed by atoms with van der Waals surface area (Å²) in [6.07, 6.45) is 0. The first kappa shape index (κ1) is 12.5. The molecule has 0 atom stereocenters. The van der Waals surface area contributed by atoms with Gasteiger partial charge in [-0.1, -0.05) is 0 Å². The van der Waals surface area contributed by atoms with Crippen LogP contribution in [0.3, 0.4) is 0 Å². The van der Waals surface area contributed by atoms with Crippen LogP contribution in [0, 0.1) is 0 Å². The third kappa shape index (κ3) is 10.7. The van der Waals surface area contributed by atoms with Gasteiger partial charge in [0, 0.05) is 16.8 Å². The molecule has 0 bridgehead atoms. The molecule has 0 amide bonds. The number of carboxylic acids is 2. The first-order chi connectivity index (χ1) is 4.13. The van der Waals surface area contributed by atoms with E-state index < -0.39 is 11.9 Å². The third-order valence-corrected chi connectivity index (χ3v) is 1.35. The van der Waals surface area contributed by atoms with Crippen molar-refractivity contribution in [3.05, 3.63) is 0 Å². The molecule has 0 heterocycles. The van der Waals surface area contributed by atoms with Crippen LogP contribution in [0.4, 0.5) is 0 Å². The van der Waals surface area contributed by atoms with Crippen molar-refractivity contribution in [1.82, 2.24) is 0 Å². The maximum absolute atomic E-state index is 9.77. The van der Waals surface area contributed by atoms with Gasteiger partial charge in [0.25, 0.3) is 0 Å². The van der Waals surface area contributed by atoms with Crippen LogP contribution in [-0.4, -0.2) is 33.7 Å². The molecular formula is C4H6CoO4S. The average Bonchev–Trinajstić information content (AvgIpc) is 1.63. The Balaban J connectivity index is 0. The number of thioether (sulfide) groups is 1. The molecule has 0 unspecified atom stereocenters. The number of hydrogen-bond donors (Lipinski definition) is 2. The van der Waals surface area contributed by atoms with Crippen LogP contribution in [0.15, 0.2) is 0 Å². The van der Waals surface area contributed by atoms with Gasteiger partial charge in [-0.25, -0.2) is 0 Å². The van der Waals surface area contributed by atoms with Gasteiger partial charge in [-0.05, 0) is 0 Å². The van der Waals surface area contributed by atoms with Crippen molar-refractivity contribution in [3.63, 3.8) is 0 Å². The monoisotopic (exact) mass is 209 g/mol. The molecule has 61 valence electrons. The molecule has 4 nitrogen and oxygen atoms in total. The Hall–Kier alpha value is -0.204. The molecule has 0 saturated carbocycles. The molecule has 0 aliphatic rings. The standard InChI is InChI=1S/C4H6O4S.Co/c5-3(6)1-9-2-4(7)8;/h1-2H2,(H,5,6)(H,7,8);. The van der Waals surface area contributed by atoms with Crippen LogP contribution >= 0.6 is 11.8 Å². The van der Waals surface area contributed by atoms with Crippen molar-refractivity contribution >= 4 is 23.7 Å². The van der Waals surface area contributed by atoms with E-state index in [2.05, 4.69) is 0 Å². The Morgan fingerprint density at radius 1 is 1.10 bits per heavy atom. The van der Waals surface area contributed by atoms with Gasteiger partial charge < -0.3 is 10.2 Å². The van der Waals surface area contributed by atoms with Crippen molar-refractivity contribution < 1.29 is 36.6 Å².